The molecule has 2 aromatic rings. The molecule has 80 valence electrons. The number of benzene rings is 1. The van der Waals surface area contributed by atoms with Gasteiger partial charge in [-0.1, -0.05) is 25.5 Å². The molecule has 3 nitrogen and oxygen atoms in total. The van der Waals surface area contributed by atoms with Gasteiger partial charge in [0.05, 0.1) is 18.0 Å². The van der Waals surface area contributed by atoms with Gasteiger partial charge in [0.1, 0.15) is 0 Å². The standard InChI is InChI=1S/C12H16N2O/c1-3-4-9-14-12(15-2)10-7-5-6-8-11(10)13-14/h5-8H,3-4,9H2,1-2H3. The molecule has 0 radical (unpaired) electrons. The topological polar surface area (TPSA) is 27.1 Å². The van der Waals surface area contributed by atoms with Crippen LogP contribution in [0.2, 0.25) is 0 Å². The van der Waals surface area contributed by atoms with E-state index in [2.05, 4.69) is 12.0 Å². The summed E-state index contributed by atoms with van der Waals surface area (Å²) >= 11 is 0. The van der Waals surface area contributed by atoms with Crippen LogP contribution in [0.15, 0.2) is 24.3 Å². The molecule has 0 fully saturated rings. The van der Waals surface area contributed by atoms with Gasteiger partial charge in [-0.25, -0.2) is 4.68 Å². The monoisotopic (exact) mass is 204 g/mol. The first-order chi connectivity index (χ1) is 7.36. The van der Waals surface area contributed by atoms with Crippen LogP contribution in [0.1, 0.15) is 19.8 Å². The number of aryl methyl sites for hydroxylation is 1. The van der Waals surface area contributed by atoms with E-state index in [4.69, 9.17) is 4.74 Å². The van der Waals surface area contributed by atoms with Crippen molar-refractivity contribution in [3.8, 4) is 5.88 Å². The van der Waals surface area contributed by atoms with Crippen molar-refractivity contribution in [3.63, 3.8) is 0 Å². The molecule has 0 saturated carbocycles. The predicted octanol–water partition coefficient (Wildman–Crippen LogP) is 2.85. The molecule has 0 N–H and O–H groups in total. The number of hydrogen-bond acceptors (Lipinski definition) is 2. The highest BCUT2D eigenvalue weighted by Crippen LogP contribution is 2.25. The molecule has 0 spiro atoms. The largest absolute Gasteiger partial charge is 0.481 e. The van der Waals surface area contributed by atoms with E-state index < -0.39 is 0 Å². The Morgan fingerprint density at radius 2 is 2.13 bits per heavy atom. The van der Waals surface area contributed by atoms with Crippen LogP contribution >= 0.6 is 0 Å². The fraction of sp³-hybridized carbons (Fsp3) is 0.417. The lowest BCUT2D eigenvalue weighted by molar-refractivity contribution is 0.361. The third kappa shape index (κ3) is 1.82. The van der Waals surface area contributed by atoms with Gasteiger partial charge in [-0.3, -0.25) is 0 Å². The third-order valence-corrected chi connectivity index (χ3v) is 2.51. The van der Waals surface area contributed by atoms with Crippen molar-refractivity contribution < 1.29 is 4.74 Å². The van der Waals surface area contributed by atoms with E-state index >= 15 is 0 Å². The van der Waals surface area contributed by atoms with Crippen molar-refractivity contribution >= 4 is 10.9 Å². The fourth-order valence-corrected chi connectivity index (χ4v) is 1.73. The molecular formula is C12H16N2O. The maximum absolute atomic E-state index is 5.40. The Bertz CT molecular complexity index is 448. The molecule has 0 bridgehead atoms. The summed E-state index contributed by atoms with van der Waals surface area (Å²) in [6.45, 7) is 3.10. The summed E-state index contributed by atoms with van der Waals surface area (Å²) in [4.78, 5) is 0. The van der Waals surface area contributed by atoms with Gasteiger partial charge in [0, 0.05) is 6.54 Å². The van der Waals surface area contributed by atoms with E-state index in [1.54, 1.807) is 7.11 Å². The first-order valence-corrected chi connectivity index (χ1v) is 5.36. The van der Waals surface area contributed by atoms with Crippen LogP contribution in [0.25, 0.3) is 10.9 Å². The Morgan fingerprint density at radius 1 is 1.33 bits per heavy atom. The van der Waals surface area contributed by atoms with Crippen LogP contribution in [0.3, 0.4) is 0 Å². The van der Waals surface area contributed by atoms with Crippen molar-refractivity contribution in [3.05, 3.63) is 24.3 Å². The minimum atomic E-state index is 0.874. The lowest BCUT2D eigenvalue weighted by atomic mass is 10.2. The van der Waals surface area contributed by atoms with Gasteiger partial charge >= 0.3 is 0 Å². The van der Waals surface area contributed by atoms with Gasteiger partial charge in [-0.2, -0.15) is 5.10 Å². The molecular weight excluding hydrogens is 188 g/mol. The molecule has 0 aliphatic carbocycles. The van der Waals surface area contributed by atoms with Crippen molar-refractivity contribution in [2.45, 2.75) is 26.3 Å². The number of unbranched alkanes of at least 4 members (excludes halogenated alkanes) is 1. The second-order valence-electron chi connectivity index (χ2n) is 3.60. The molecule has 3 heteroatoms. The Hall–Kier alpha value is -1.51. The first-order valence-electron chi connectivity index (χ1n) is 5.36. The molecule has 0 aliphatic rings. The smallest absolute Gasteiger partial charge is 0.219 e. The number of methoxy groups -OCH3 is 1. The molecule has 1 aromatic heterocycles. The van der Waals surface area contributed by atoms with E-state index in [0.29, 0.717) is 0 Å². The zero-order chi connectivity index (χ0) is 10.7. The van der Waals surface area contributed by atoms with E-state index in [9.17, 15) is 0 Å². The highest BCUT2D eigenvalue weighted by molar-refractivity contribution is 5.84. The quantitative estimate of drug-likeness (QED) is 0.765. The summed E-state index contributed by atoms with van der Waals surface area (Å²) in [5.41, 5.74) is 1.01. The van der Waals surface area contributed by atoms with Crippen LogP contribution in [0.4, 0.5) is 0 Å². The van der Waals surface area contributed by atoms with Gasteiger partial charge in [0.2, 0.25) is 5.88 Å². The second kappa shape index (κ2) is 4.34. The zero-order valence-electron chi connectivity index (χ0n) is 9.23. The minimum Gasteiger partial charge on any atom is -0.481 e. The maximum Gasteiger partial charge on any atom is 0.219 e. The molecule has 1 aromatic carbocycles. The van der Waals surface area contributed by atoms with Gasteiger partial charge in [0.25, 0.3) is 0 Å². The van der Waals surface area contributed by atoms with Gasteiger partial charge < -0.3 is 4.74 Å². The minimum absolute atomic E-state index is 0.874. The van der Waals surface area contributed by atoms with Gasteiger partial charge in [0.15, 0.2) is 0 Å². The Morgan fingerprint density at radius 3 is 2.87 bits per heavy atom. The van der Waals surface area contributed by atoms with Crippen LogP contribution in [-0.2, 0) is 6.54 Å². The summed E-state index contributed by atoms with van der Waals surface area (Å²) in [7, 11) is 1.70. The molecule has 2 rings (SSSR count). The summed E-state index contributed by atoms with van der Waals surface area (Å²) in [6.07, 6.45) is 2.30. The van der Waals surface area contributed by atoms with Gasteiger partial charge in [-0.05, 0) is 18.6 Å². The third-order valence-electron chi connectivity index (χ3n) is 2.51. The van der Waals surface area contributed by atoms with E-state index in [1.165, 1.54) is 6.42 Å². The number of ether oxygens (including phenoxy) is 1. The van der Waals surface area contributed by atoms with Crippen LogP contribution in [-0.4, -0.2) is 16.9 Å². The highest BCUT2D eigenvalue weighted by atomic mass is 16.5. The van der Waals surface area contributed by atoms with Crippen molar-refractivity contribution in [2.75, 3.05) is 7.11 Å². The number of nitrogens with zero attached hydrogens (tertiary/aromatic N) is 2. The zero-order valence-corrected chi connectivity index (χ0v) is 9.23. The van der Waals surface area contributed by atoms with E-state index in [0.717, 1.165) is 29.7 Å². The first kappa shape index (κ1) is 10.0. The Balaban J connectivity index is 2.44. The Kier molecular flexibility index (Phi) is 2.90. The predicted molar refractivity (Wildman–Crippen MR) is 61.2 cm³/mol. The molecule has 0 amide bonds. The molecule has 0 saturated heterocycles. The lowest BCUT2D eigenvalue weighted by Crippen LogP contribution is -2.02. The average Bonchev–Trinajstić information content (AvgIpc) is 2.63. The molecule has 15 heavy (non-hydrogen) atoms. The number of rotatable bonds is 4. The van der Waals surface area contributed by atoms with Crippen molar-refractivity contribution in [1.29, 1.82) is 0 Å². The Labute approximate surface area is 89.7 Å². The summed E-state index contributed by atoms with van der Waals surface area (Å²) in [6, 6.07) is 8.07. The van der Waals surface area contributed by atoms with E-state index in [-0.39, 0.29) is 0 Å². The lowest BCUT2D eigenvalue weighted by Gasteiger charge is -2.04. The molecule has 0 aliphatic heterocycles. The fourth-order valence-electron chi connectivity index (χ4n) is 1.73. The molecule has 0 atom stereocenters. The number of hydrogen-bond donors (Lipinski definition) is 0. The second-order valence-corrected chi connectivity index (χ2v) is 3.60. The van der Waals surface area contributed by atoms with E-state index in [1.807, 2.05) is 28.9 Å². The number of aromatic nitrogens is 2. The van der Waals surface area contributed by atoms with Crippen LogP contribution in [0.5, 0.6) is 5.88 Å². The summed E-state index contributed by atoms with van der Waals surface area (Å²) in [5, 5.41) is 5.61. The van der Waals surface area contributed by atoms with Crippen molar-refractivity contribution in [1.82, 2.24) is 9.78 Å². The molecule has 1 heterocycles. The van der Waals surface area contributed by atoms with Crippen LogP contribution in [0, 0.1) is 0 Å². The number of fused-ring (bicyclic) bond motifs is 1. The summed E-state index contributed by atoms with van der Waals surface area (Å²) in [5.74, 6) is 0.874. The SMILES string of the molecule is CCCCn1nc2ccccc2c1OC. The molecule has 0 unspecified atom stereocenters. The maximum atomic E-state index is 5.40. The van der Waals surface area contributed by atoms with Crippen molar-refractivity contribution in [2.24, 2.45) is 0 Å². The normalized spacial score (nSPS) is 10.8. The average molecular weight is 204 g/mol. The van der Waals surface area contributed by atoms with Crippen LogP contribution < -0.4 is 4.74 Å². The highest BCUT2D eigenvalue weighted by Gasteiger charge is 2.09. The summed E-state index contributed by atoms with van der Waals surface area (Å²) < 4.78 is 7.35. The van der Waals surface area contributed by atoms with Gasteiger partial charge in [-0.15, -0.1) is 0 Å².